The molecule has 0 aliphatic carbocycles. The molecule has 0 aliphatic heterocycles. The van der Waals surface area contributed by atoms with Gasteiger partial charge in [-0.25, -0.2) is 4.79 Å². The highest BCUT2D eigenvalue weighted by Gasteiger charge is 2.17. The zero-order chi connectivity index (χ0) is 13.7. The van der Waals surface area contributed by atoms with Gasteiger partial charge in [0.15, 0.2) is 0 Å². The Labute approximate surface area is 111 Å². The Morgan fingerprint density at radius 2 is 1.84 bits per heavy atom. The molecule has 0 spiro atoms. The Morgan fingerprint density at radius 3 is 2.42 bits per heavy atom. The van der Waals surface area contributed by atoms with Crippen LogP contribution in [0, 0.1) is 0 Å². The Balaban J connectivity index is 2.19. The van der Waals surface area contributed by atoms with Gasteiger partial charge in [-0.05, 0) is 19.1 Å². The van der Waals surface area contributed by atoms with Gasteiger partial charge in [0.25, 0.3) is 5.78 Å². The summed E-state index contributed by atoms with van der Waals surface area (Å²) in [5.41, 5.74) is 2.02. The standard InChI is InChI=1S/C15H13NO3/c1-2-19-15(18)14(17)12-8-6-11(7-9-12)13-5-3-4-10-16-13/h3-10H,2H2,1H3. The van der Waals surface area contributed by atoms with Crippen molar-refractivity contribution in [1.82, 2.24) is 4.98 Å². The topological polar surface area (TPSA) is 56.3 Å². The molecule has 19 heavy (non-hydrogen) atoms. The molecule has 0 saturated heterocycles. The van der Waals surface area contributed by atoms with Crippen molar-refractivity contribution in [3.63, 3.8) is 0 Å². The van der Waals surface area contributed by atoms with Crippen molar-refractivity contribution in [2.45, 2.75) is 6.92 Å². The maximum Gasteiger partial charge on any atom is 0.379 e. The summed E-state index contributed by atoms with van der Waals surface area (Å²) in [4.78, 5) is 27.2. The number of pyridine rings is 1. The van der Waals surface area contributed by atoms with Gasteiger partial charge < -0.3 is 4.74 Å². The van der Waals surface area contributed by atoms with Crippen molar-refractivity contribution in [3.8, 4) is 11.3 Å². The summed E-state index contributed by atoms with van der Waals surface area (Å²) in [5.74, 6) is -1.46. The van der Waals surface area contributed by atoms with Crippen molar-refractivity contribution in [2.24, 2.45) is 0 Å². The molecule has 0 fully saturated rings. The molecule has 1 aromatic carbocycles. The average molecular weight is 255 g/mol. The van der Waals surface area contributed by atoms with Gasteiger partial charge in [-0.15, -0.1) is 0 Å². The molecule has 96 valence electrons. The number of hydrogen-bond donors (Lipinski definition) is 0. The molecule has 4 nitrogen and oxygen atoms in total. The quantitative estimate of drug-likeness (QED) is 0.478. The molecule has 0 aliphatic rings. The van der Waals surface area contributed by atoms with Gasteiger partial charge in [-0.3, -0.25) is 9.78 Å². The van der Waals surface area contributed by atoms with E-state index < -0.39 is 11.8 Å². The fraction of sp³-hybridized carbons (Fsp3) is 0.133. The number of carbonyl (C=O) groups excluding carboxylic acids is 2. The van der Waals surface area contributed by atoms with Crippen LogP contribution in [-0.2, 0) is 9.53 Å². The second-order valence-corrected chi connectivity index (χ2v) is 3.84. The minimum absolute atomic E-state index is 0.191. The number of ether oxygens (including phenoxy) is 1. The number of benzene rings is 1. The van der Waals surface area contributed by atoms with E-state index in [0.29, 0.717) is 5.56 Å². The number of Topliss-reactive ketones (excluding diaryl/α,β-unsaturated/α-hetero) is 1. The van der Waals surface area contributed by atoms with Crippen LogP contribution in [0.15, 0.2) is 48.7 Å². The number of nitrogens with zero attached hydrogens (tertiary/aromatic N) is 1. The predicted octanol–water partition coefficient (Wildman–Crippen LogP) is 2.49. The Hall–Kier alpha value is -2.49. The zero-order valence-electron chi connectivity index (χ0n) is 10.5. The lowest BCUT2D eigenvalue weighted by Gasteiger charge is -2.03. The first-order chi connectivity index (χ1) is 9.22. The molecule has 2 aromatic rings. The Kier molecular flexibility index (Phi) is 4.03. The summed E-state index contributed by atoms with van der Waals surface area (Å²) in [6.45, 7) is 1.85. The number of hydrogen-bond acceptors (Lipinski definition) is 4. The summed E-state index contributed by atoms with van der Waals surface area (Å²) in [5, 5.41) is 0. The maximum absolute atomic E-state index is 11.7. The van der Waals surface area contributed by atoms with Crippen LogP contribution in [0.5, 0.6) is 0 Å². The van der Waals surface area contributed by atoms with Crippen molar-refractivity contribution in [2.75, 3.05) is 6.61 Å². The van der Waals surface area contributed by atoms with Crippen LogP contribution in [0.1, 0.15) is 17.3 Å². The fourth-order valence-corrected chi connectivity index (χ4v) is 1.64. The van der Waals surface area contributed by atoms with Gasteiger partial charge in [0, 0.05) is 17.3 Å². The first-order valence-electron chi connectivity index (χ1n) is 5.95. The summed E-state index contributed by atoms with van der Waals surface area (Å²) >= 11 is 0. The van der Waals surface area contributed by atoms with Crippen LogP contribution in [0.3, 0.4) is 0 Å². The van der Waals surface area contributed by atoms with Gasteiger partial charge in [-0.2, -0.15) is 0 Å². The van der Waals surface area contributed by atoms with Gasteiger partial charge in [0.05, 0.1) is 12.3 Å². The summed E-state index contributed by atoms with van der Waals surface area (Å²) in [6.07, 6.45) is 1.70. The number of esters is 1. The Bertz CT molecular complexity index is 576. The van der Waals surface area contributed by atoms with Gasteiger partial charge >= 0.3 is 5.97 Å². The molecule has 0 saturated carbocycles. The van der Waals surface area contributed by atoms with Crippen LogP contribution >= 0.6 is 0 Å². The molecule has 0 amide bonds. The zero-order valence-corrected chi connectivity index (χ0v) is 10.5. The van der Waals surface area contributed by atoms with Crippen molar-refractivity contribution in [1.29, 1.82) is 0 Å². The molecular weight excluding hydrogens is 242 g/mol. The summed E-state index contributed by atoms with van der Waals surface area (Å²) < 4.78 is 4.67. The molecular formula is C15H13NO3. The van der Waals surface area contributed by atoms with Crippen LogP contribution in [0.2, 0.25) is 0 Å². The largest absolute Gasteiger partial charge is 0.460 e. The first-order valence-corrected chi connectivity index (χ1v) is 5.95. The van der Waals surface area contributed by atoms with E-state index in [1.165, 1.54) is 0 Å². The highest BCUT2D eigenvalue weighted by Crippen LogP contribution is 2.17. The van der Waals surface area contributed by atoms with E-state index in [0.717, 1.165) is 11.3 Å². The average Bonchev–Trinajstić information content (AvgIpc) is 2.48. The third-order valence-electron chi connectivity index (χ3n) is 2.57. The second kappa shape index (κ2) is 5.91. The van der Waals surface area contributed by atoms with Crippen molar-refractivity contribution in [3.05, 3.63) is 54.2 Å². The summed E-state index contributed by atoms with van der Waals surface area (Å²) in [6, 6.07) is 12.3. The van der Waals surface area contributed by atoms with Crippen LogP contribution in [0.4, 0.5) is 0 Å². The highest BCUT2D eigenvalue weighted by atomic mass is 16.5. The molecule has 1 aromatic heterocycles. The van der Waals surface area contributed by atoms with Crippen LogP contribution in [-0.4, -0.2) is 23.3 Å². The maximum atomic E-state index is 11.7. The van der Waals surface area contributed by atoms with E-state index in [9.17, 15) is 9.59 Å². The minimum atomic E-state index is -0.826. The van der Waals surface area contributed by atoms with E-state index in [1.54, 1.807) is 37.4 Å². The van der Waals surface area contributed by atoms with Gasteiger partial charge in [0.1, 0.15) is 0 Å². The number of ketones is 1. The van der Waals surface area contributed by atoms with E-state index >= 15 is 0 Å². The van der Waals surface area contributed by atoms with Crippen molar-refractivity contribution < 1.29 is 14.3 Å². The highest BCUT2D eigenvalue weighted by molar-refractivity contribution is 6.40. The predicted molar refractivity (Wildman–Crippen MR) is 70.6 cm³/mol. The van der Waals surface area contributed by atoms with Crippen LogP contribution < -0.4 is 0 Å². The van der Waals surface area contributed by atoms with Crippen molar-refractivity contribution >= 4 is 11.8 Å². The van der Waals surface area contributed by atoms with E-state index in [2.05, 4.69) is 9.72 Å². The lowest BCUT2D eigenvalue weighted by Crippen LogP contribution is -2.17. The van der Waals surface area contributed by atoms with E-state index in [1.807, 2.05) is 18.2 Å². The number of aromatic nitrogens is 1. The van der Waals surface area contributed by atoms with Gasteiger partial charge in [0.2, 0.25) is 0 Å². The fourth-order valence-electron chi connectivity index (χ4n) is 1.64. The van der Waals surface area contributed by atoms with Gasteiger partial charge in [-0.1, -0.05) is 30.3 Å². The van der Waals surface area contributed by atoms with E-state index in [4.69, 9.17) is 0 Å². The SMILES string of the molecule is CCOC(=O)C(=O)c1ccc(-c2ccccn2)cc1. The Morgan fingerprint density at radius 1 is 1.11 bits per heavy atom. The lowest BCUT2D eigenvalue weighted by molar-refractivity contribution is -0.137. The molecule has 0 atom stereocenters. The molecule has 0 radical (unpaired) electrons. The normalized spacial score (nSPS) is 9.95. The smallest absolute Gasteiger partial charge is 0.379 e. The molecule has 0 bridgehead atoms. The monoisotopic (exact) mass is 255 g/mol. The molecule has 0 N–H and O–H groups in total. The number of carbonyl (C=O) groups is 2. The first kappa shape index (κ1) is 13.0. The molecule has 2 rings (SSSR count). The lowest BCUT2D eigenvalue weighted by atomic mass is 10.1. The molecule has 0 unspecified atom stereocenters. The third-order valence-corrected chi connectivity index (χ3v) is 2.57. The molecule has 1 heterocycles. The van der Waals surface area contributed by atoms with Crippen LogP contribution in [0.25, 0.3) is 11.3 Å². The van der Waals surface area contributed by atoms with E-state index in [-0.39, 0.29) is 6.61 Å². The number of rotatable bonds is 4. The summed E-state index contributed by atoms with van der Waals surface area (Å²) in [7, 11) is 0. The third kappa shape index (κ3) is 3.04. The molecule has 4 heteroatoms. The minimum Gasteiger partial charge on any atom is -0.460 e. The second-order valence-electron chi connectivity index (χ2n) is 3.84.